The SMILES string of the molecule is ClC=C(Cl)Oc1[c]cccc1. The van der Waals surface area contributed by atoms with E-state index in [9.17, 15) is 0 Å². The predicted octanol–water partition coefficient (Wildman–Crippen LogP) is 3.14. The van der Waals surface area contributed by atoms with Gasteiger partial charge in [-0.05, 0) is 17.7 Å². The van der Waals surface area contributed by atoms with E-state index in [1.807, 2.05) is 12.1 Å². The lowest BCUT2D eigenvalue weighted by atomic mass is 10.3. The molecule has 0 heterocycles. The molecule has 1 aromatic rings. The van der Waals surface area contributed by atoms with E-state index in [0.29, 0.717) is 5.75 Å². The maximum atomic E-state index is 5.49. The molecule has 0 N–H and O–H groups in total. The van der Waals surface area contributed by atoms with E-state index in [-0.39, 0.29) is 5.22 Å². The highest BCUT2D eigenvalue weighted by Crippen LogP contribution is 2.14. The molecule has 0 atom stereocenters. The molecule has 0 fully saturated rings. The zero-order chi connectivity index (χ0) is 8.10. The number of benzene rings is 1. The standard InChI is InChI=1S/C8H5Cl2O/c9-6-8(10)11-7-4-2-1-3-5-7/h1-4,6H. The van der Waals surface area contributed by atoms with Crippen LogP contribution in [0.2, 0.25) is 0 Å². The fourth-order valence-electron chi connectivity index (χ4n) is 0.568. The minimum Gasteiger partial charge on any atom is -0.444 e. The average Bonchev–Trinajstić information content (AvgIpc) is 2.06. The van der Waals surface area contributed by atoms with Crippen molar-refractivity contribution in [1.29, 1.82) is 0 Å². The van der Waals surface area contributed by atoms with Crippen molar-refractivity contribution < 1.29 is 4.74 Å². The quantitative estimate of drug-likeness (QED) is 0.647. The minimum absolute atomic E-state index is 0.133. The van der Waals surface area contributed by atoms with E-state index in [2.05, 4.69) is 6.07 Å². The highest BCUT2D eigenvalue weighted by atomic mass is 35.5. The lowest BCUT2D eigenvalue weighted by Gasteiger charge is -1.99. The molecule has 1 aromatic carbocycles. The van der Waals surface area contributed by atoms with Gasteiger partial charge in [0.25, 0.3) is 0 Å². The number of ether oxygens (including phenoxy) is 1. The monoisotopic (exact) mass is 187 g/mol. The molecule has 11 heavy (non-hydrogen) atoms. The first-order valence-corrected chi connectivity index (χ1v) is 3.75. The molecule has 0 aliphatic carbocycles. The first-order valence-electron chi connectivity index (χ1n) is 2.93. The summed E-state index contributed by atoms with van der Waals surface area (Å²) >= 11 is 10.8. The average molecular weight is 188 g/mol. The Labute approximate surface area is 75.2 Å². The third kappa shape index (κ3) is 2.83. The van der Waals surface area contributed by atoms with Crippen LogP contribution in [0.4, 0.5) is 0 Å². The van der Waals surface area contributed by atoms with Crippen LogP contribution in [0, 0.1) is 6.07 Å². The Morgan fingerprint density at radius 1 is 1.55 bits per heavy atom. The second-order valence-electron chi connectivity index (χ2n) is 1.74. The molecule has 3 heteroatoms. The Bertz CT molecular complexity index is 244. The summed E-state index contributed by atoms with van der Waals surface area (Å²) in [6.45, 7) is 0. The van der Waals surface area contributed by atoms with Crippen LogP contribution in [0.5, 0.6) is 5.75 Å². The fourth-order valence-corrected chi connectivity index (χ4v) is 0.695. The first-order chi connectivity index (χ1) is 5.33. The van der Waals surface area contributed by atoms with Gasteiger partial charge in [-0.25, -0.2) is 0 Å². The zero-order valence-corrected chi connectivity index (χ0v) is 7.06. The summed E-state index contributed by atoms with van der Waals surface area (Å²) in [4.78, 5) is 0. The number of hydrogen-bond acceptors (Lipinski definition) is 1. The second kappa shape index (κ2) is 4.27. The second-order valence-corrected chi connectivity index (χ2v) is 2.33. The molecule has 1 rings (SSSR count). The van der Waals surface area contributed by atoms with Gasteiger partial charge in [0.2, 0.25) is 5.22 Å². The van der Waals surface area contributed by atoms with Crippen molar-refractivity contribution in [3.63, 3.8) is 0 Å². The molecule has 0 aromatic heterocycles. The normalized spacial score (nSPS) is 11.3. The van der Waals surface area contributed by atoms with Gasteiger partial charge in [0.15, 0.2) is 0 Å². The van der Waals surface area contributed by atoms with Crippen molar-refractivity contribution in [3.05, 3.63) is 41.1 Å². The molecule has 0 saturated carbocycles. The van der Waals surface area contributed by atoms with Gasteiger partial charge in [-0.3, -0.25) is 0 Å². The fraction of sp³-hybridized carbons (Fsp3) is 0. The molecule has 0 bridgehead atoms. The Hall–Kier alpha value is -0.660. The largest absolute Gasteiger partial charge is 0.444 e. The van der Waals surface area contributed by atoms with Gasteiger partial charge in [-0.1, -0.05) is 29.8 Å². The molecular formula is C8H5Cl2O. The number of halogens is 2. The van der Waals surface area contributed by atoms with Crippen molar-refractivity contribution in [1.82, 2.24) is 0 Å². The van der Waals surface area contributed by atoms with Crippen LogP contribution in [-0.2, 0) is 0 Å². The van der Waals surface area contributed by atoms with E-state index in [1.54, 1.807) is 12.1 Å². The van der Waals surface area contributed by atoms with Crippen molar-refractivity contribution in [2.24, 2.45) is 0 Å². The number of para-hydroxylation sites is 1. The molecule has 1 radical (unpaired) electrons. The van der Waals surface area contributed by atoms with Crippen LogP contribution in [0.3, 0.4) is 0 Å². The van der Waals surface area contributed by atoms with Gasteiger partial charge >= 0.3 is 0 Å². The summed E-state index contributed by atoms with van der Waals surface area (Å²) in [5.41, 5.74) is 1.16. The third-order valence-electron chi connectivity index (χ3n) is 0.974. The summed E-state index contributed by atoms with van der Waals surface area (Å²) in [5, 5.41) is 0.133. The third-order valence-corrected chi connectivity index (χ3v) is 1.47. The highest BCUT2D eigenvalue weighted by Gasteiger charge is 1.93. The molecule has 0 unspecified atom stereocenters. The van der Waals surface area contributed by atoms with Crippen LogP contribution in [-0.4, -0.2) is 0 Å². The topological polar surface area (TPSA) is 9.23 Å². The smallest absolute Gasteiger partial charge is 0.205 e. The first kappa shape index (κ1) is 8.44. The molecule has 0 amide bonds. The van der Waals surface area contributed by atoms with Gasteiger partial charge in [0, 0.05) is 6.07 Å². The van der Waals surface area contributed by atoms with E-state index in [4.69, 9.17) is 27.9 Å². The molecule has 0 aliphatic rings. The van der Waals surface area contributed by atoms with Crippen molar-refractivity contribution in [2.45, 2.75) is 0 Å². The molecule has 1 nitrogen and oxygen atoms in total. The maximum absolute atomic E-state index is 5.49. The number of hydrogen-bond donors (Lipinski definition) is 0. The van der Waals surface area contributed by atoms with Crippen LogP contribution in [0.15, 0.2) is 35.0 Å². The van der Waals surface area contributed by atoms with Gasteiger partial charge in [-0.15, -0.1) is 0 Å². The summed E-state index contributed by atoms with van der Waals surface area (Å²) < 4.78 is 5.00. The van der Waals surface area contributed by atoms with E-state index >= 15 is 0 Å². The van der Waals surface area contributed by atoms with Gasteiger partial charge < -0.3 is 4.74 Å². The van der Waals surface area contributed by atoms with Gasteiger partial charge in [0.05, 0.1) is 5.54 Å². The summed E-state index contributed by atoms with van der Waals surface area (Å²) in [5.74, 6) is 0.550. The van der Waals surface area contributed by atoms with Crippen LogP contribution >= 0.6 is 23.2 Å². The summed E-state index contributed by atoms with van der Waals surface area (Å²) in [6.07, 6.45) is 0. The Morgan fingerprint density at radius 3 is 2.91 bits per heavy atom. The zero-order valence-electron chi connectivity index (χ0n) is 5.55. The summed E-state index contributed by atoms with van der Waals surface area (Å²) in [6, 6.07) is 9.96. The molecule has 0 saturated heterocycles. The number of rotatable bonds is 2. The Kier molecular flexibility index (Phi) is 3.27. The lowest BCUT2D eigenvalue weighted by Crippen LogP contribution is -1.85. The maximum Gasteiger partial charge on any atom is 0.205 e. The molecule has 0 spiro atoms. The molecule has 0 aliphatic heterocycles. The van der Waals surface area contributed by atoms with E-state index in [0.717, 1.165) is 5.54 Å². The highest BCUT2D eigenvalue weighted by molar-refractivity contribution is 6.35. The molecular weight excluding hydrogens is 183 g/mol. The Morgan fingerprint density at radius 2 is 2.36 bits per heavy atom. The van der Waals surface area contributed by atoms with Crippen molar-refractivity contribution in [2.75, 3.05) is 0 Å². The Balaban J connectivity index is 2.65. The van der Waals surface area contributed by atoms with Crippen molar-refractivity contribution in [3.8, 4) is 5.75 Å². The lowest BCUT2D eigenvalue weighted by molar-refractivity contribution is 0.463. The van der Waals surface area contributed by atoms with Crippen LogP contribution in [0.1, 0.15) is 0 Å². The minimum atomic E-state index is 0.133. The van der Waals surface area contributed by atoms with Gasteiger partial charge in [-0.2, -0.15) is 0 Å². The van der Waals surface area contributed by atoms with Crippen LogP contribution < -0.4 is 4.74 Å². The molecule has 57 valence electrons. The predicted molar refractivity (Wildman–Crippen MR) is 45.7 cm³/mol. The summed E-state index contributed by atoms with van der Waals surface area (Å²) in [7, 11) is 0. The van der Waals surface area contributed by atoms with E-state index < -0.39 is 0 Å². The van der Waals surface area contributed by atoms with Gasteiger partial charge in [0.1, 0.15) is 5.75 Å². The van der Waals surface area contributed by atoms with E-state index in [1.165, 1.54) is 0 Å². The van der Waals surface area contributed by atoms with Crippen LogP contribution in [0.25, 0.3) is 0 Å². The van der Waals surface area contributed by atoms with Crippen molar-refractivity contribution >= 4 is 23.2 Å².